The highest BCUT2D eigenvalue weighted by atomic mass is 35.5. The van der Waals surface area contributed by atoms with E-state index in [2.05, 4.69) is 10.2 Å². The van der Waals surface area contributed by atoms with Crippen LogP contribution in [0.4, 0.5) is 0 Å². The molecule has 5 heteroatoms. The van der Waals surface area contributed by atoms with Gasteiger partial charge in [0.25, 0.3) is 0 Å². The molecule has 0 N–H and O–H groups in total. The third kappa shape index (κ3) is 1.09. The summed E-state index contributed by atoms with van der Waals surface area (Å²) in [4.78, 5) is 0. The van der Waals surface area contributed by atoms with E-state index < -0.39 is 0 Å². The van der Waals surface area contributed by atoms with Crippen LogP contribution in [-0.4, -0.2) is 10.2 Å². The maximum atomic E-state index is 5.84. The van der Waals surface area contributed by atoms with E-state index in [9.17, 15) is 0 Å². The second-order valence-electron chi connectivity index (χ2n) is 1.97. The fraction of sp³-hybridized carbons (Fsp3) is 0. The van der Waals surface area contributed by atoms with Crippen molar-refractivity contribution < 1.29 is 0 Å². The molecule has 2 aromatic heterocycles. The summed E-state index contributed by atoms with van der Waals surface area (Å²) in [7, 11) is 0. The molecule has 0 radical (unpaired) electrons. The van der Waals surface area contributed by atoms with Gasteiger partial charge in [0.05, 0.1) is 6.20 Å². The molecule has 0 saturated heterocycles. The van der Waals surface area contributed by atoms with Crippen LogP contribution in [0.5, 0.6) is 0 Å². The maximum absolute atomic E-state index is 5.84. The lowest BCUT2D eigenvalue weighted by Crippen LogP contribution is -1.79. The van der Waals surface area contributed by atoms with Gasteiger partial charge in [0.1, 0.15) is 4.34 Å². The quantitative estimate of drug-likeness (QED) is 0.660. The largest absolute Gasteiger partial charge is 0.160 e. The van der Waals surface area contributed by atoms with Crippen LogP contribution in [0.25, 0.3) is 10.8 Å². The molecular formula is C6H2Cl2N2S. The first-order valence-corrected chi connectivity index (χ1v) is 4.46. The molecule has 0 aromatic carbocycles. The molecule has 0 spiro atoms. The number of aromatic nitrogens is 2. The lowest BCUT2D eigenvalue weighted by Gasteiger charge is -1.89. The minimum absolute atomic E-state index is 0.408. The van der Waals surface area contributed by atoms with Gasteiger partial charge >= 0.3 is 0 Å². The highest BCUT2D eigenvalue weighted by molar-refractivity contribution is 7.16. The molecule has 0 aliphatic rings. The summed E-state index contributed by atoms with van der Waals surface area (Å²) in [5.74, 6) is 0. The van der Waals surface area contributed by atoms with Crippen LogP contribution in [-0.2, 0) is 0 Å². The number of hydrogen-bond donors (Lipinski definition) is 0. The van der Waals surface area contributed by atoms with E-state index in [1.165, 1.54) is 11.3 Å². The number of thiophene rings is 1. The molecule has 0 aliphatic heterocycles. The van der Waals surface area contributed by atoms with E-state index in [-0.39, 0.29) is 0 Å². The van der Waals surface area contributed by atoms with Crippen LogP contribution in [0.3, 0.4) is 0 Å². The van der Waals surface area contributed by atoms with Crippen LogP contribution in [0.2, 0.25) is 9.49 Å². The number of halogens is 2. The Morgan fingerprint density at radius 2 is 2.09 bits per heavy atom. The zero-order chi connectivity index (χ0) is 7.84. The molecular weight excluding hydrogens is 203 g/mol. The summed E-state index contributed by atoms with van der Waals surface area (Å²) in [6.45, 7) is 0. The monoisotopic (exact) mass is 204 g/mol. The Labute approximate surface area is 76.8 Å². The Balaban J connectivity index is 2.94. The molecule has 0 aliphatic carbocycles. The minimum Gasteiger partial charge on any atom is -0.157 e. The number of nitrogens with zero attached hydrogens (tertiary/aromatic N) is 2. The van der Waals surface area contributed by atoms with Crippen LogP contribution >= 0.6 is 34.5 Å². The van der Waals surface area contributed by atoms with Gasteiger partial charge in [-0.2, -0.15) is 5.10 Å². The molecule has 0 saturated carbocycles. The normalized spacial score (nSPS) is 10.7. The molecule has 0 bridgehead atoms. The third-order valence-corrected chi connectivity index (χ3v) is 2.87. The van der Waals surface area contributed by atoms with Crippen molar-refractivity contribution in [1.29, 1.82) is 0 Å². The van der Waals surface area contributed by atoms with Gasteiger partial charge in [-0.1, -0.05) is 23.2 Å². The second kappa shape index (κ2) is 2.59. The average molecular weight is 205 g/mol. The summed E-state index contributed by atoms with van der Waals surface area (Å²) in [5.41, 5.74) is 0. The zero-order valence-corrected chi connectivity index (χ0v) is 7.54. The summed E-state index contributed by atoms with van der Waals surface area (Å²) in [5, 5.41) is 11.4. The molecule has 0 unspecified atom stereocenters. The number of rotatable bonds is 0. The van der Waals surface area contributed by atoms with Gasteiger partial charge in [-0.3, -0.25) is 0 Å². The Hall–Kier alpha value is -0.380. The van der Waals surface area contributed by atoms with E-state index >= 15 is 0 Å². The van der Waals surface area contributed by atoms with Gasteiger partial charge in [0, 0.05) is 16.2 Å². The maximum Gasteiger partial charge on any atom is 0.160 e. The predicted molar refractivity (Wildman–Crippen MR) is 47.4 cm³/mol. The molecule has 2 nitrogen and oxygen atoms in total. The van der Waals surface area contributed by atoms with Crippen LogP contribution < -0.4 is 0 Å². The van der Waals surface area contributed by atoms with Crippen LogP contribution in [0, 0.1) is 0 Å². The van der Waals surface area contributed by atoms with Crippen molar-refractivity contribution in [2.24, 2.45) is 0 Å². The van der Waals surface area contributed by atoms with Crippen molar-refractivity contribution in [3.05, 3.63) is 21.1 Å². The van der Waals surface area contributed by atoms with Gasteiger partial charge in [0.2, 0.25) is 0 Å². The summed E-state index contributed by atoms with van der Waals surface area (Å²) < 4.78 is 0.705. The smallest absolute Gasteiger partial charge is 0.157 e. The van der Waals surface area contributed by atoms with Gasteiger partial charge in [0.15, 0.2) is 5.15 Å². The summed E-state index contributed by atoms with van der Waals surface area (Å²) in [6, 6.07) is 0. The first kappa shape index (κ1) is 7.28. The molecule has 0 atom stereocenters. The van der Waals surface area contributed by atoms with E-state index in [1.54, 1.807) is 6.20 Å². The number of hydrogen-bond acceptors (Lipinski definition) is 3. The first-order valence-electron chi connectivity index (χ1n) is 2.83. The van der Waals surface area contributed by atoms with E-state index in [0.717, 1.165) is 10.8 Å². The zero-order valence-electron chi connectivity index (χ0n) is 5.21. The van der Waals surface area contributed by atoms with Crippen LogP contribution in [0.1, 0.15) is 0 Å². The Morgan fingerprint density at radius 3 is 2.82 bits per heavy atom. The lowest BCUT2D eigenvalue weighted by atomic mass is 10.3. The van der Waals surface area contributed by atoms with Crippen molar-refractivity contribution in [3.63, 3.8) is 0 Å². The molecule has 11 heavy (non-hydrogen) atoms. The van der Waals surface area contributed by atoms with Gasteiger partial charge in [-0.05, 0) is 0 Å². The van der Waals surface area contributed by atoms with Crippen molar-refractivity contribution in [2.75, 3.05) is 0 Å². The second-order valence-corrected chi connectivity index (χ2v) is 3.81. The van der Waals surface area contributed by atoms with Gasteiger partial charge in [-0.25, -0.2) is 0 Å². The molecule has 0 amide bonds. The highest BCUT2D eigenvalue weighted by Crippen LogP contribution is 2.32. The van der Waals surface area contributed by atoms with E-state index in [4.69, 9.17) is 23.2 Å². The van der Waals surface area contributed by atoms with Gasteiger partial charge < -0.3 is 0 Å². The Kier molecular flexibility index (Phi) is 1.71. The Bertz CT molecular complexity index is 398. The molecule has 0 fully saturated rings. The third-order valence-electron chi connectivity index (χ3n) is 1.34. The van der Waals surface area contributed by atoms with E-state index in [0.29, 0.717) is 9.49 Å². The van der Waals surface area contributed by atoms with Crippen molar-refractivity contribution in [3.8, 4) is 0 Å². The van der Waals surface area contributed by atoms with Crippen molar-refractivity contribution in [2.45, 2.75) is 0 Å². The van der Waals surface area contributed by atoms with Crippen LogP contribution in [0.15, 0.2) is 11.6 Å². The molecule has 2 heterocycles. The number of fused-ring (bicyclic) bond motifs is 1. The van der Waals surface area contributed by atoms with Gasteiger partial charge in [-0.15, -0.1) is 16.4 Å². The topological polar surface area (TPSA) is 25.8 Å². The minimum atomic E-state index is 0.408. The highest BCUT2D eigenvalue weighted by Gasteiger charge is 2.05. The Morgan fingerprint density at radius 1 is 1.27 bits per heavy atom. The summed E-state index contributed by atoms with van der Waals surface area (Å²) in [6.07, 6.45) is 1.61. The molecule has 2 rings (SSSR count). The molecule has 56 valence electrons. The standard InChI is InChI=1S/C6H2Cl2N2S/c7-5-4-2-11-6(8)3(4)1-9-10-5/h1-2H. The van der Waals surface area contributed by atoms with E-state index in [1.807, 2.05) is 5.38 Å². The average Bonchev–Trinajstić information content (AvgIpc) is 2.35. The SMILES string of the molecule is Clc1nncc2c(Cl)scc12. The van der Waals surface area contributed by atoms with Crippen molar-refractivity contribution >= 4 is 45.3 Å². The van der Waals surface area contributed by atoms with Crippen molar-refractivity contribution in [1.82, 2.24) is 10.2 Å². The molecule has 2 aromatic rings. The fourth-order valence-corrected chi connectivity index (χ4v) is 2.11. The first-order chi connectivity index (χ1) is 5.29. The lowest BCUT2D eigenvalue weighted by molar-refractivity contribution is 1.05. The predicted octanol–water partition coefficient (Wildman–Crippen LogP) is 3.00. The fourth-order valence-electron chi connectivity index (χ4n) is 0.815. The summed E-state index contributed by atoms with van der Waals surface area (Å²) >= 11 is 13.0.